The summed E-state index contributed by atoms with van der Waals surface area (Å²) in [6.45, 7) is -0.143. The smallest absolute Gasteiger partial charge is 0.393 e. The van der Waals surface area contributed by atoms with E-state index in [0.29, 0.717) is 32.1 Å². The van der Waals surface area contributed by atoms with Gasteiger partial charge in [0.15, 0.2) is 5.96 Å². The summed E-state index contributed by atoms with van der Waals surface area (Å²) in [5.41, 5.74) is 8.47. The van der Waals surface area contributed by atoms with E-state index in [-0.39, 0.29) is 42.7 Å². The first-order valence-corrected chi connectivity index (χ1v) is 13.6. The van der Waals surface area contributed by atoms with E-state index in [1.807, 2.05) is 0 Å². The monoisotopic (exact) mass is 575 g/mol. The molecule has 0 radical (unpaired) electrons. The van der Waals surface area contributed by atoms with Gasteiger partial charge in [0.05, 0.1) is 12.0 Å². The summed E-state index contributed by atoms with van der Waals surface area (Å²) in [6, 6.07) is -2.58. The Morgan fingerprint density at radius 1 is 1.11 bits per heavy atom. The predicted molar refractivity (Wildman–Crippen MR) is 131 cm³/mol. The van der Waals surface area contributed by atoms with Crippen molar-refractivity contribution in [3.05, 3.63) is 0 Å². The van der Waals surface area contributed by atoms with Crippen LogP contribution in [-0.2, 0) is 4.79 Å². The predicted octanol–water partition coefficient (Wildman–Crippen LogP) is 1.50. The van der Waals surface area contributed by atoms with Crippen LogP contribution >= 0.6 is 23.2 Å². The van der Waals surface area contributed by atoms with Crippen LogP contribution in [0.2, 0.25) is 0 Å². The molecule has 2 saturated heterocycles. The van der Waals surface area contributed by atoms with Gasteiger partial charge in [-0.3, -0.25) is 15.5 Å². The zero-order valence-corrected chi connectivity index (χ0v) is 22.0. The van der Waals surface area contributed by atoms with Crippen LogP contribution in [0.1, 0.15) is 44.9 Å². The van der Waals surface area contributed by atoms with Crippen LogP contribution in [0.5, 0.6) is 0 Å². The van der Waals surface area contributed by atoms with E-state index in [2.05, 4.69) is 31.9 Å². The fourth-order valence-electron chi connectivity index (χ4n) is 5.77. The summed E-state index contributed by atoms with van der Waals surface area (Å²) < 4.78 is 54.7. The number of carbonyl (C=O) groups is 1. The van der Waals surface area contributed by atoms with Crippen molar-refractivity contribution in [2.45, 2.75) is 98.4 Å². The fraction of sp³-hybridized carbons (Fsp3) is 0.909. The minimum atomic E-state index is -4.62. The highest BCUT2D eigenvalue weighted by molar-refractivity contribution is 6.21. The van der Waals surface area contributed by atoms with Gasteiger partial charge in [0.25, 0.3) is 0 Å². The summed E-state index contributed by atoms with van der Waals surface area (Å²) in [5.74, 6) is -2.28. The van der Waals surface area contributed by atoms with Crippen LogP contribution < -0.4 is 26.9 Å². The maximum atomic E-state index is 14.2. The molecule has 0 bridgehead atoms. The van der Waals surface area contributed by atoms with E-state index in [1.165, 1.54) is 12.1 Å². The third-order valence-corrected chi connectivity index (χ3v) is 8.49. The normalized spacial score (nSPS) is 42.1. The molecule has 2 aliphatic heterocycles. The Kier molecular flexibility index (Phi) is 9.46. The molecule has 37 heavy (non-hydrogen) atoms. The molecule has 2 saturated carbocycles. The van der Waals surface area contributed by atoms with Crippen molar-refractivity contribution >= 4 is 35.1 Å². The summed E-state index contributed by atoms with van der Waals surface area (Å²) in [6.07, 6.45) is -3.57. The topological polar surface area (TPSA) is 113 Å². The zero-order chi connectivity index (χ0) is 26.9. The largest absolute Gasteiger partial charge is 0.405 e. The number of halogens is 6. The van der Waals surface area contributed by atoms with Crippen LogP contribution in [0.25, 0.3) is 0 Å². The molecule has 6 N–H and O–H groups in total. The molecule has 10 atom stereocenters. The average Bonchev–Trinajstić information content (AvgIpc) is 3.41. The Morgan fingerprint density at radius 2 is 1.86 bits per heavy atom. The van der Waals surface area contributed by atoms with Gasteiger partial charge in [-0.15, -0.1) is 23.2 Å². The molecule has 2 heterocycles. The highest BCUT2D eigenvalue weighted by atomic mass is 35.5. The number of hydrogen-bond acceptors (Lipinski definition) is 7. The van der Waals surface area contributed by atoms with Gasteiger partial charge in [-0.05, 0) is 44.4 Å². The van der Waals surface area contributed by atoms with Gasteiger partial charge in [0.1, 0.15) is 18.4 Å². The zero-order valence-electron chi connectivity index (χ0n) is 20.4. The number of nitrogens with one attached hydrogen (secondary N) is 5. The SMILES string of the molecule is CN1CC(C(=O)N/C(=N\C2CC(C3CC(O)CCC3Cl)NN2)NC2CC(F)CC(Cl)C2)C(C(F)(F)F)N1. The van der Waals surface area contributed by atoms with Crippen LogP contribution in [0.4, 0.5) is 17.6 Å². The molecule has 15 heteroatoms. The van der Waals surface area contributed by atoms with Gasteiger partial charge >= 0.3 is 6.18 Å². The van der Waals surface area contributed by atoms with Crippen molar-refractivity contribution in [3.8, 4) is 0 Å². The van der Waals surface area contributed by atoms with E-state index in [4.69, 9.17) is 23.2 Å². The van der Waals surface area contributed by atoms with Gasteiger partial charge in [0.2, 0.25) is 5.91 Å². The highest BCUT2D eigenvalue weighted by Gasteiger charge is 2.52. The van der Waals surface area contributed by atoms with E-state index >= 15 is 0 Å². The molecular weight excluding hydrogens is 541 g/mol. The molecule has 4 fully saturated rings. The summed E-state index contributed by atoms with van der Waals surface area (Å²) in [4.78, 5) is 17.6. The Labute approximate surface area is 223 Å². The number of rotatable bonds is 4. The summed E-state index contributed by atoms with van der Waals surface area (Å²) in [5, 5.41) is 16.3. The average molecular weight is 576 g/mol. The second kappa shape index (κ2) is 12.1. The first kappa shape index (κ1) is 29.0. The third kappa shape index (κ3) is 7.58. The Bertz CT molecular complexity index is 831. The van der Waals surface area contributed by atoms with Gasteiger partial charge in [-0.2, -0.15) is 13.2 Å². The molecule has 10 unspecified atom stereocenters. The van der Waals surface area contributed by atoms with Gasteiger partial charge in [-0.1, -0.05) is 0 Å². The molecule has 0 aromatic carbocycles. The van der Waals surface area contributed by atoms with E-state index in [1.54, 1.807) is 0 Å². The van der Waals surface area contributed by atoms with Crippen molar-refractivity contribution in [1.82, 2.24) is 31.9 Å². The first-order chi connectivity index (χ1) is 17.4. The Hall–Kier alpha value is -0.960. The molecule has 0 spiro atoms. The van der Waals surface area contributed by atoms with Crippen LogP contribution in [-0.4, -0.2) is 89.1 Å². The molecule has 4 rings (SSSR count). The van der Waals surface area contributed by atoms with Crippen molar-refractivity contribution in [1.29, 1.82) is 0 Å². The number of hydrazine groups is 2. The lowest BCUT2D eigenvalue weighted by atomic mass is 9.81. The second-order valence-electron chi connectivity index (χ2n) is 10.6. The molecule has 1 amide bonds. The minimum absolute atomic E-state index is 0.000548. The molecule has 9 nitrogen and oxygen atoms in total. The highest BCUT2D eigenvalue weighted by Crippen LogP contribution is 2.34. The number of aliphatic hydroxyl groups is 1. The molecule has 2 aliphatic carbocycles. The maximum Gasteiger partial charge on any atom is 0.405 e. The third-order valence-electron chi connectivity index (χ3n) is 7.60. The standard InChI is InChI=1S/C22H35Cl2F4N7O2/c1-35-9-15(19(34-35)22(26,27)28)20(37)31-21(29-12-5-10(23)4-11(25)6-12)30-18-8-17(32-33-18)14-7-13(36)2-3-16(14)24/h10-19,32-34,36H,2-9H2,1H3,(H2,29,30,31,37). The number of hydrogen-bond donors (Lipinski definition) is 6. The minimum Gasteiger partial charge on any atom is -0.393 e. The molecule has 0 aromatic heterocycles. The van der Waals surface area contributed by atoms with Gasteiger partial charge in [0, 0.05) is 42.9 Å². The van der Waals surface area contributed by atoms with E-state index in [0.717, 1.165) is 0 Å². The van der Waals surface area contributed by atoms with Crippen LogP contribution in [0, 0.1) is 11.8 Å². The van der Waals surface area contributed by atoms with Crippen LogP contribution in [0.15, 0.2) is 4.99 Å². The number of aliphatic imine (C=N–C) groups is 1. The van der Waals surface area contributed by atoms with Crippen molar-refractivity contribution in [2.24, 2.45) is 16.8 Å². The number of amides is 1. The van der Waals surface area contributed by atoms with Gasteiger partial charge in [-0.25, -0.2) is 25.2 Å². The van der Waals surface area contributed by atoms with E-state index in [9.17, 15) is 27.5 Å². The molecule has 212 valence electrons. The van der Waals surface area contributed by atoms with Crippen molar-refractivity contribution in [3.63, 3.8) is 0 Å². The quantitative estimate of drug-likeness (QED) is 0.130. The number of aliphatic hydroxyl groups excluding tert-OH is 1. The fourth-order valence-corrected chi connectivity index (χ4v) is 6.58. The summed E-state index contributed by atoms with van der Waals surface area (Å²) in [7, 11) is 1.43. The molecule has 0 aromatic rings. The maximum absolute atomic E-state index is 14.2. The Morgan fingerprint density at radius 3 is 2.57 bits per heavy atom. The number of alkyl halides is 6. The van der Waals surface area contributed by atoms with Crippen molar-refractivity contribution < 1.29 is 27.5 Å². The second-order valence-corrected chi connectivity index (χ2v) is 11.8. The lowest BCUT2D eigenvalue weighted by Gasteiger charge is -2.34. The lowest BCUT2D eigenvalue weighted by Crippen LogP contribution is -2.54. The Balaban J connectivity index is 1.48. The van der Waals surface area contributed by atoms with Crippen molar-refractivity contribution in [2.75, 3.05) is 13.6 Å². The molecule has 4 aliphatic rings. The lowest BCUT2D eigenvalue weighted by molar-refractivity contribution is -0.168. The first-order valence-electron chi connectivity index (χ1n) is 12.7. The van der Waals surface area contributed by atoms with Gasteiger partial charge < -0.3 is 10.4 Å². The number of guanidine groups is 1. The van der Waals surface area contributed by atoms with Crippen LogP contribution in [0.3, 0.4) is 0 Å². The molecular formula is C22H35Cl2F4N7O2. The number of nitrogens with zero attached hydrogens (tertiary/aromatic N) is 2. The van der Waals surface area contributed by atoms with E-state index < -0.39 is 53.9 Å². The number of carbonyl (C=O) groups excluding carboxylic acids is 1. The summed E-state index contributed by atoms with van der Waals surface area (Å²) >= 11 is 12.7.